The third-order valence-electron chi connectivity index (χ3n) is 3.74. The van der Waals surface area contributed by atoms with Crippen molar-refractivity contribution in [1.82, 2.24) is 14.6 Å². The summed E-state index contributed by atoms with van der Waals surface area (Å²) in [6.45, 7) is 0. The van der Waals surface area contributed by atoms with Gasteiger partial charge in [-0.05, 0) is 43.2 Å². The Bertz CT molecular complexity index is 920. The van der Waals surface area contributed by atoms with Crippen LogP contribution in [-0.2, 0) is 0 Å². The number of benzene rings is 1. The summed E-state index contributed by atoms with van der Waals surface area (Å²) in [4.78, 5) is 16.7. The van der Waals surface area contributed by atoms with Crippen LogP contribution >= 0.6 is 11.6 Å². The summed E-state index contributed by atoms with van der Waals surface area (Å²) in [5.41, 5.74) is 2.27. The highest BCUT2D eigenvalue weighted by Crippen LogP contribution is 2.39. The minimum atomic E-state index is -0.587. The van der Waals surface area contributed by atoms with Gasteiger partial charge in [0.25, 0.3) is 5.91 Å². The molecule has 23 heavy (non-hydrogen) atoms. The van der Waals surface area contributed by atoms with Crippen molar-refractivity contribution < 1.29 is 9.18 Å². The highest BCUT2D eigenvalue weighted by molar-refractivity contribution is 6.30. The molecule has 5 nitrogen and oxygen atoms in total. The molecule has 0 saturated heterocycles. The van der Waals surface area contributed by atoms with E-state index in [1.165, 1.54) is 18.2 Å². The first-order valence-corrected chi connectivity index (χ1v) is 7.61. The van der Waals surface area contributed by atoms with E-state index in [1.807, 2.05) is 6.20 Å². The number of carbonyl (C=O) groups excluding carboxylic acids is 1. The number of hydrogen-bond donors (Lipinski definition) is 1. The smallest absolute Gasteiger partial charge is 0.276 e. The van der Waals surface area contributed by atoms with E-state index in [0.717, 1.165) is 18.5 Å². The second kappa shape index (κ2) is 5.31. The lowest BCUT2D eigenvalue weighted by Gasteiger charge is -2.05. The lowest BCUT2D eigenvalue weighted by Crippen LogP contribution is -2.15. The van der Waals surface area contributed by atoms with Crippen LogP contribution in [0.4, 0.5) is 10.1 Å². The van der Waals surface area contributed by atoms with Crippen LogP contribution in [0.1, 0.15) is 34.9 Å². The van der Waals surface area contributed by atoms with E-state index >= 15 is 0 Å². The molecule has 1 aliphatic rings. The molecule has 0 unspecified atom stereocenters. The van der Waals surface area contributed by atoms with Crippen molar-refractivity contribution in [3.63, 3.8) is 0 Å². The molecule has 0 bridgehead atoms. The van der Waals surface area contributed by atoms with Crippen molar-refractivity contribution in [3.05, 3.63) is 58.8 Å². The third-order valence-corrected chi connectivity index (χ3v) is 4.05. The van der Waals surface area contributed by atoms with E-state index in [9.17, 15) is 9.18 Å². The standard InChI is InChI=1S/C16H12ClFN4O/c17-11-4-3-10(7-12(11)18)19-16(23)13-5-6-15-20-14(9-1-2-9)8-22(15)21-13/h3-9H,1-2H2,(H,19,23). The molecule has 0 atom stereocenters. The van der Waals surface area contributed by atoms with Gasteiger partial charge >= 0.3 is 0 Å². The number of rotatable bonds is 3. The average molecular weight is 331 g/mol. The number of amides is 1. The van der Waals surface area contributed by atoms with Crippen molar-refractivity contribution in [1.29, 1.82) is 0 Å². The van der Waals surface area contributed by atoms with Gasteiger partial charge in [-0.15, -0.1) is 0 Å². The summed E-state index contributed by atoms with van der Waals surface area (Å²) in [5, 5.41) is 6.87. The Hall–Kier alpha value is -2.47. The molecule has 1 saturated carbocycles. The van der Waals surface area contributed by atoms with Crippen molar-refractivity contribution in [2.24, 2.45) is 0 Å². The number of aromatic nitrogens is 3. The first-order valence-electron chi connectivity index (χ1n) is 7.23. The van der Waals surface area contributed by atoms with E-state index in [-0.39, 0.29) is 10.7 Å². The summed E-state index contributed by atoms with van der Waals surface area (Å²) in [6, 6.07) is 7.43. The zero-order valence-corrected chi connectivity index (χ0v) is 12.7. The van der Waals surface area contributed by atoms with Crippen LogP contribution in [0.3, 0.4) is 0 Å². The van der Waals surface area contributed by atoms with Gasteiger partial charge in [0.2, 0.25) is 0 Å². The number of hydrogen-bond acceptors (Lipinski definition) is 3. The van der Waals surface area contributed by atoms with Gasteiger partial charge in [0.1, 0.15) is 11.5 Å². The molecule has 2 heterocycles. The van der Waals surface area contributed by atoms with E-state index in [4.69, 9.17) is 11.6 Å². The van der Waals surface area contributed by atoms with Crippen molar-refractivity contribution in [2.75, 3.05) is 5.32 Å². The molecule has 0 spiro atoms. The van der Waals surface area contributed by atoms with Crippen LogP contribution in [0.5, 0.6) is 0 Å². The maximum atomic E-state index is 13.4. The van der Waals surface area contributed by atoms with Gasteiger partial charge in [0, 0.05) is 11.6 Å². The largest absolute Gasteiger partial charge is 0.320 e. The maximum absolute atomic E-state index is 13.4. The van der Waals surface area contributed by atoms with Gasteiger partial charge in [-0.25, -0.2) is 13.9 Å². The van der Waals surface area contributed by atoms with Crippen LogP contribution in [0, 0.1) is 5.82 Å². The number of fused-ring (bicyclic) bond motifs is 1. The number of imidazole rings is 1. The number of nitrogens with one attached hydrogen (secondary N) is 1. The minimum Gasteiger partial charge on any atom is -0.320 e. The molecule has 1 aliphatic carbocycles. The van der Waals surface area contributed by atoms with Crippen molar-refractivity contribution in [3.8, 4) is 0 Å². The normalized spacial score (nSPS) is 14.2. The molecule has 0 aliphatic heterocycles. The summed E-state index contributed by atoms with van der Waals surface area (Å²) in [7, 11) is 0. The monoisotopic (exact) mass is 330 g/mol. The maximum Gasteiger partial charge on any atom is 0.276 e. The molecule has 1 N–H and O–H groups in total. The number of carbonyl (C=O) groups is 1. The average Bonchev–Trinajstić information content (AvgIpc) is 3.30. The molecule has 1 aromatic carbocycles. The minimum absolute atomic E-state index is 0.00793. The van der Waals surface area contributed by atoms with Crippen molar-refractivity contribution in [2.45, 2.75) is 18.8 Å². The lowest BCUT2D eigenvalue weighted by atomic mass is 10.3. The highest BCUT2D eigenvalue weighted by atomic mass is 35.5. The van der Waals surface area contributed by atoms with E-state index in [1.54, 1.807) is 16.6 Å². The van der Waals surface area contributed by atoms with E-state index in [0.29, 0.717) is 17.3 Å². The topological polar surface area (TPSA) is 59.3 Å². The summed E-state index contributed by atoms with van der Waals surface area (Å²) >= 11 is 5.62. The number of anilines is 1. The molecule has 3 aromatic rings. The first-order chi connectivity index (χ1) is 11.1. The second-order valence-electron chi connectivity index (χ2n) is 5.54. The van der Waals surface area contributed by atoms with Crippen LogP contribution in [0.25, 0.3) is 5.65 Å². The Labute approximate surface area is 136 Å². The van der Waals surface area contributed by atoms with Crippen LogP contribution in [-0.4, -0.2) is 20.5 Å². The van der Waals surface area contributed by atoms with Crippen molar-refractivity contribution >= 4 is 28.8 Å². The number of nitrogens with zero attached hydrogens (tertiary/aromatic N) is 3. The molecule has 2 aromatic heterocycles. The fourth-order valence-corrected chi connectivity index (χ4v) is 2.48. The Morgan fingerprint density at radius 3 is 2.87 bits per heavy atom. The summed E-state index contributed by atoms with van der Waals surface area (Å²) in [6.07, 6.45) is 4.16. The third kappa shape index (κ3) is 2.77. The molecule has 1 amide bonds. The Morgan fingerprint density at radius 2 is 2.13 bits per heavy atom. The van der Waals surface area contributed by atoms with Crippen LogP contribution in [0.2, 0.25) is 5.02 Å². The Kier molecular flexibility index (Phi) is 3.27. The quantitative estimate of drug-likeness (QED) is 0.797. The van der Waals surface area contributed by atoms with E-state index < -0.39 is 11.7 Å². The fourth-order valence-electron chi connectivity index (χ4n) is 2.37. The van der Waals surface area contributed by atoms with Crippen LogP contribution in [0.15, 0.2) is 36.5 Å². The van der Waals surface area contributed by atoms with E-state index in [2.05, 4.69) is 15.4 Å². The molecule has 7 heteroatoms. The predicted molar refractivity (Wildman–Crippen MR) is 84.3 cm³/mol. The summed E-state index contributed by atoms with van der Waals surface area (Å²) in [5.74, 6) is -0.488. The number of halogens is 2. The van der Waals surface area contributed by atoms with Gasteiger partial charge in [0.05, 0.1) is 16.9 Å². The second-order valence-corrected chi connectivity index (χ2v) is 5.95. The zero-order valence-electron chi connectivity index (χ0n) is 12.0. The van der Waals surface area contributed by atoms with Gasteiger partial charge in [-0.3, -0.25) is 4.79 Å². The summed E-state index contributed by atoms with van der Waals surface area (Å²) < 4.78 is 15.0. The molecule has 0 radical (unpaired) electrons. The molecule has 4 rings (SSSR count). The predicted octanol–water partition coefficient (Wildman–Crippen LogP) is 3.65. The van der Waals surface area contributed by atoms with Gasteiger partial charge < -0.3 is 5.32 Å². The molecular formula is C16H12ClFN4O. The highest BCUT2D eigenvalue weighted by Gasteiger charge is 2.26. The van der Waals surface area contributed by atoms with Crippen LogP contribution < -0.4 is 5.32 Å². The van der Waals surface area contributed by atoms with Gasteiger partial charge in [-0.1, -0.05) is 11.6 Å². The molecule has 1 fully saturated rings. The molecular weight excluding hydrogens is 319 g/mol. The lowest BCUT2D eigenvalue weighted by molar-refractivity contribution is 0.102. The SMILES string of the molecule is O=C(Nc1ccc(Cl)c(F)c1)c1ccc2nc(C3CC3)cn2n1. The molecule has 116 valence electrons. The van der Waals surface area contributed by atoms with Gasteiger partial charge in [-0.2, -0.15) is 5.10 Å². The Morgan fingerprint density at radius 1 is 1.30 bits per heavy atom. The van der Waals surface area contributed by atoms with Gasteiger partial charge in [0.15, 0.2) is 5.65 Å². The Balaban J connectivity index is 1.59. The zero-order chi connectivity index (χ0) is 16.0. The first kappa shape index (κ1) is 14.1. The fraction of sp³-hybridized carbons (Fsp3) is 0.188.